The van der Waals surface area contributed by atoms with Gasteiger partial charge in [0.15, 0.2) is 0 Å². The Hall–Kier alpha value is -1.84. The molecule has 0 heterocycles. The number of esters is 1. The molecule has 1 aromatic rings. The highest BCUT2D eigenvalue weighted by molar-refractivity contribution is 5.87. The summed E-state index contributed by atoms with van der Waals surface area (Å²) in [7, 11) is 0. The first-order valence-electron chi connectivity index (χ1n) is 8.09. The topological polar surface area (TPSA) is 63.6 Å². The van der Waals surface area contributed by atoms with E-state index < -0.39 is 5.97 Å². The fraction of sp³-hybridized carbons (Fsp3) is 0.556. The van der Waals surface area contributed by atoms with Gasteiger partial charge in [-0.3, -0.25) is 4.79 Å². The molecule has 4 nitrogen and oxygen atoms in total. The van der Waals surface area contributed by atoms with Crippen LogP contribution >= 0.6 is 0 Å². The van der Waals surface area contributed by atoms with Gasteiger partial charge in [0.05, 0.1) is 18.1 Å². The maximum Gasteiger partial charge on any atom is 0.335 e. The molecule has 2 rings (SSSR count). The third-order valence-corrected chi connectivity index (χ3v) is 4.32. The third-order valence-electron chi connectivity index (χ3n) is 4.32. The highest BCUT2D eigenvalue weighted by Gasteiger charge is 2.30. The summed E-state index contributed by atoms with van der Waals surface area (Å²) in [5, 5.41) is 9.03. The summed E-state index contributed by atoms with van der Waals surface area (Å²) in [6.07, 6.45) is 5.52. The number of carbonyl (C=O) groups is 2. The Balaban J connectivity index is 1.84. The van der Waals surface area contributed by atoms with Crippen molar-refractivity contribution in [2.75, 3.05) is 6.61 Å². The lowest BCUT2D eigenvalue weighted by Crippen LogP contribution is -2.16. The van der Waals surface area contributed by atoms with E-state index in [0.29, 0.717) is 18.1 Å². The van der Waals surface area contributed by atoms with Crippen molar-refractivity contribution in [1.29, 1.82) is 0 Å². The molecule has 1 aliphatic rings. The van der Waals surface area contributed by atoms with Crippen LogP contribution in [-0.2, 0) is 16.0 Å². The van der Waals surface area contributed by atoms with Gasteiger partial charge in [-0.25, -0.2) is 4.79 Å². The van der Waals surface area contributed by atoms with Gasteiger partial charge in [0.1, 0.15) is 0 Å². The average molecular weight is 304 g/mol. The minimum atomic E-state index is -0.898. The van der Waals surface area contributed by atoms with Crippen LogP contribution in [0.25, 0.3) is 0 Å². The minimum absolute atomic E-state index is 0.0181. The highest BCUT2D eigenvalue weighted by atomic mass is 16.5. The first-order chi connectivity index (χ1) is 10.6. The van der Waals surface area contributed by atoms with Crippen LogP contribution in [0, 0.1) is 11.8 Å². The number of carbonyl (C=O) groups excluding carboxylic acids is 1. The molecule has 120 valence electrons. The van der Waals surface area contributed by atoms with Crippen LogP contribution in [0.15, 0.2) is 24.3 Å². The van der Waals surface area contributed by atoms with Gasteiger partial charge in [-0.05, 0) is 55.7 Å². The Morgan fingerprint density at radius 3 is 2.86 bits per heavy atom. The largest absolute Gasteiger partial charge is 0.478 e. The Kier molecular flexibility index (Phi) is 5.99. The van der Waals surface area contributed by atoms with Crippen LogP contribution in [0.3, 0.4) is 0 Å². The van der Waals surface area contributed by atoms with Crippen molar-refractivity contribution < 1.29 is 19.4 Å². The lowest BCUT2D eigenvalue weighted by molar-refractivity contribution is -0.148. The van der Waals surface area contributed by atoms with E-state index >= 15 is 0 Å². The number of aromatic carboxylic acids is 1. The van der Waals surface area contributed by atoms with Crippen molar-refractivity contribution in [3.63, 3.8) is 0 Å². The van der Waals surface area contributed by atoms with Crippen molar-refractivity contribution in [2.45, 2.75) is 45.4 Å². The molecule has 1 N–H and O–H groups in total. The molecule has 0 bridgehead atoms. The number of hydrogen-bond acceptors (Lipinski definition) is 3. The van der Waals surface area contributed by atoms with E-state index in [9.17, 15) is 9.59 Å². The maximum absolute atomic E-state index is 12.0. The van der Waals surface area contributed by atoms with Crippen molar-refractivity contribution in [1.82, 2.24) is 0 Å². The monoisotopic (exact) mass is 304 g/mol. The van der Waals surface area contributed by atoms with Gasteiger partial charge in [-0.15, -0.1) is 0 Å². The molecule has 0 unspecified atom stereocenters. The minimum Gasteiger partial charge on any atom is -0.478 e. The summed E-state index contributed by atoms with van der Waals surface area (Å²) in [4.78, 5) is 23.0. The second-order valence-corrected chi connectivity index (χ2v) is 6.11. The van der Waals surface area contributed by atoms with E-state index in [2.05, 4.69) is 6.92 Å². The van der Waals surface area contributed by atoms with Gasteiger partial charge < -0.3 is 9.84 Å². The lowest BCUT2D eigenvalue weighted by Gasteiger charge is -2.12. The summed E-state index contributed by atoms with van der Waals surface area (Å²) >= 11 is 0. The quantitative estimate of drug-likeness (QED) is 0.616. The van der Waals surface area contributed by atoms with E-state index in [1.54, 1.807) is 18.2 Å². The summed E-state index contributed by atoms with van der Waals surface area (Å²) in [6, 6.07) is 7.08. The first-order valence-corrected chi connectivity index (χ1v) is 8.09. The molecule has 1 saturated carbocycles. The summed E-state index contributed by atoms with van der Waals surface area (Å²) in [5.74, 6) is -0.502. The second-order valence-electron chi connectivity index (χ2n) is 6.11. The van der Waals surface area contributed by atoms with Crippen LogP contribution < -0.4 is 0 Å². The van der Waals surface area contributed by atoms with Gasteiger partial charge in [-0.2, -0.15) is 0 Å². The molecule has 0 aromatic heterocycles. The number of carboxylic acids is 1. The summed E-state index contributed by atoms with van der Waals surface area (Å²) in [5.41, 5.74) is 1.36. The van der Waals surface area contributed by atoms with Crippen molar-refractivity contribution in [2.24, 2.45) is 11.8 Å². The Labute approximate surface area is 131 Å². The number of carboxylic acid groups (broad SMARTS) is 1. The molecule has 1 fully saturated rings. The van der Waals surface area contributed by atoms with E-state index in [-0.39, 0.29) is 11.9 Å². The van der Waals surface area contributed by atoms with Gasteiger partial charge >= 0.3 is 11.9 Å². The molecule has 0 saturated heterocycles. The van der Waals surface area contributed by atoms with E-state index in [4.69, 9.17) is 9.84 Å². The van der Waals surface area contributed by atoms with Crippen LogP contribution in [0.2, 0.25) is 0 Å². The number of unbranched alkanes of at least 4 members (excludes halogenated alkanes) is 1. The van der Waals surface area contributed by atoms with Gasteiger partial charge in [-0.1, -0.05) is 25.5 Å². The molecule has 2 atom stereocenters. The predicted octanol–water partition coefficient (Wildman–Crippen LogP) is 3.69. The molecular formula is C18H24O4. The Bertz CT molecular complexity index is 524. The SMILES string of the molecule is CCCCOC(=O)[C@@H]1CC[C@@H](Cc2cccc(C(=O)O)c2)C1. The zero-order valence-electron chi connectivity index (χ0n) is 13.1. The third kappa shape index (κ3) is 4.58. The zero-order valence-corrected chi connectivity index (χ0v) is 13.1. The molecule has 0 spiro atoms. The average Bonchev–Trinajstić information content (AvgIpc) is 2.96. The van der Waals surface area contributed by atoms with Crippen LogP contribution in [-0.4, -0.2) is 23.7 Å². The molecule has 4 heteroatoms. The molecule has 0 amide bonds. The Morgan fingerprint density at radius 2 is 2.14 bits per heavy atom. The molecular weight excluding hydrogens is 280 g/mol. The Morgan fingerprint density at radius 1 is 1.32 bits per heavy atom. The van der Waals surface area contributed by atoms with Crippen LogP contribution in [0.1, 0.15) is 54.9 Å². The predicted molar refractivity (Wildman–Crippen MR) is 83.8 cm³/mol. The van der Waals surface area contributed by atoms with Crippen LogP contribution in [0.5, 0.6) is 0 Å². The molecule has 0 aliphatic heterocycles. The highest BCUT2D eigenvalue weighted by Crippen LogP contribution is 2.34. The number of ether oxygens (including phenoxy) is 1. The second kappa shape index (κ2) is 7.97. The van der Waals surface area contributed by atoms with Gasteiger partial charge in [0.25, 0.3) is 0 Å². The lowest BCUT2D eigenvalue weighted by atomic mass is 9.95. The fourth-order valence-electron chi connectivity index (χ4n) is 3.07. The van der Waals surface area contributed by atoms with E-state index in [1.165, 1.54) is 0 Å². The van der Waals surface area contributed by atoms with Gasteiger partial charge in [0.2, 0.25) is 0 Å². The summed E-state index contributed by atoms with van der Waals surface area (Å²) in [6.45, 7) is 2.60. The fourth-order valence-corrected chi connectivity index (χ4v) is 3.07. The van der Waals surface area contributed by atoms with Gasteiger partial charge in [0, 0.05) is 0 Å². The molecule has 22 heavy (non-hydrogen) atoms. The number of hydrogen-bond donors (Lipinski definition) is 1. The van der Waals surface area contributed by atoms with E-state index in [1.807, 2.05) is 6.07 Å². The van der Waals surface area contributed by atoms with Crippen LogP contribution in [0.4, 0.5) is 0 Å². The standard InChI is InChI=1S/C18H24O4/c1-2-3-9-22-18(21)16-8-7-14(12-16)10-13-5-4-6-15(11-13)17(19)20/h4-6,11,14,16H,2-3,7-10,12H2,1H3,(H,19,20)/t14-,16+/m0/s1. The molecule has 1 aliphatic carbocycles. The normalized spacial score (nSPS) is 20.8. The summed E-state index contributed by atoms with van der Waals surface area (Å²) < 4.78 is 5.30. The maximum atomic E-state index is 12.0. The zero-order chi connectivity index (χ0) is 15.9. The van der Waals surface area contributed by atoms with Crippen molar-refractivity contribution in [3.8, 4) is 0 Å². The van der Waals surface area contributed by atoms with E-state index in [0.717, 1.165) is 44.1 Å². The number of benzene rings is 1. The number of rotatable bonds is 7. The first kappa shape index (κ1) is 16.5. The molecule has 1 aromatic carbocycles. The van der Waals surface area contributed by atoms with Crippen molar-refractivity contribution >= 4 is 11.9 Å². The van der Waals surface area contributed by atoms with Crippen molar-refractivity contribution in [3.05, 3.63) is 35.4 Å². The smallest absolute Gasteiger partial charge is 0.335 e. The molecule has 0 radical (unpaired) electrons.